The van der Waals surface area contributed by atoms with Crippen LogP contribution < -0.4 is 0 Å². The van der Waals surface area contributed by atoms with Gasteiger partial charge in [-0.3, -0.25) is 0 Å². The van der Waals surface area contributed by atoms with Crippen molar-refractivity contribution in [2.75, 3.05) is 12.5 Å². The van der Waals surface area contributed by atoms with Crippen molar-refractivity contribution in [3.05, 3.63) is 28.2 Å². The average molecular weight is 284 g/mol. The van der Waals surface area contributed by atoms with Crippen molar-refractivity contribution in [2.45, 2.75) is 0 Å². The van der Waals surface area contributed by atoms with Gasteiger partial charge in [-0.15, -0.1) is 0 Å². The summed E-state index contributed by atoms with van der Waals surface area (Å²) in [5, 5.41) is 0. The monoisotopic (exact) mass is 283 g/mol. The lowest BCUT2D eigenvalue weighted by atomic mass is 10.3. The molecule has 0 fully saturated rings. The number of halogens is 3. The summed E-state index contributed by atoms with van der Waals surface area (Å²) < 4.78 is 41.3. The van der Waals surface area contributed by atoms with E-state index >= 15 is 0 Å². The van der Waals surface area contributed by atoms with Crippen LogP contribution in [0.5, 0.6) is 0 Å². The fourth-order valence-electron chi connectivity index (χ4n) is 0.842. The first-order valence-corrected chi connectivity index (χ1v) is 6.74. The standard InChI is InChI=1S/C8H8BrF2NOS/c1-14(2,13)12-8-6(10)3-5(9)4-7(8)11/h3-4H,1-2H3. The molecule has 0 aromatic heterocycles. The molecule has 14 heavy (non-hydrogen) atoms. The van der Waals surface area contributed by atoms with E-state index in [-0.39, 0.29) is 4.47 Å². The van der Waals surface area contributed by atoms with Crippen LogP contribution in [-0.2, 0) is 9.73 Å². The van der Waals surface area contributed by atoms with E-state index in [1.807, 2.05) is 0 Å². The Labute approximate surface area is 89.6 Å². The van der Waals surface area contributed by atoms with Gasteiger partial charge >= 0.3 is 0 Å². The predicted molar refractivity (Wildman–Crippen MR) is 56.1 cm³/mol. The summed E-state index contributed by atoms with van der Waals surface area (Å²) in [6.07, 6.45) is 2.63. The molecule has 0 aliphatic carbocycles. The van der Waals surface area contributed by atoms with Gasteiger partial charge in [-0.2, -0.15) is 4.36 Å². The van der Waals surface area contributed by atoms with Crippen molar-refractivity contribution in [2.24, 2.45) is 4.36 Å². The molecule has 0 aliphatic heterocycles. The highest BCUT2D eigenvalue weighted by Crippen LogP contribution is 2.26. The normalized spacial score (nSPS) is 11.5. The maximum Gasteiger partial charge on any atom is 0.153 e. The summed E-state index contributed by atoms with van der Waals surface area (Å²) in [5.74, 6) is -1.65. The summed E-state index contributed by atoms with van der Waals surface area (Å²) in [6.45, 7) is 0. The molecular formula is C8H8BrF2NOS. The first kappa shape index (κ1) is 11.6. The average Bonchev–Trinajstić information content (AvgIpc) is 1.95. The Balaban J connectivity index is 3.44. The maximum absolute atomic E-state index is 13.2. The Morgan fingerprint density at radius 2 is 1.71 bits per heavy atom. The largest absolute Gasteiger partial charge is 0.250 e. The van der Waals surface area contributed by atoms with Crippen molar-refractivity contribution < 1.29 is 13.0 Å². The van der Waals surface area contributed by atoms with Crippen LogP contribution in [0.1, 0.15) is 0 Å². The van der Waals surface area contributed by atoms with E-state index in [2.05, 4.69) is 20.3 Å². The molecule has 0 saturated carbocycles. The lowest BCUT2D eigenvalue weighted by Crippen LogP contribution is -1.92. The van der Waals surface area contributed by atoms with Gasteiger partial charge in [-0.1, -0.05) is 15.9 Å². The third kappa shape index (κ3) is 3.02. The maximum atomic E-state index is 13.2. The van der Waals surface area contributed by atoms with Crippen LogP contribution in [0.25, 0.3) is 0 Å². The van der Waals surface area contributed by atoms with E-state index in [4.69, 9.17) is 0 Å². The zero-order valence-corrected chi connectivity index (χ0v) is 9.95. The summed E-state index contributed by atoms with van der Waals surface area (Å²) in [6, 6.07) is 2.15. The van der Waals surface area contributed by atoms with Gasteiger partial charge in [0, 0.05) is 26.7 Å². The molecule has 0 unspecified atom stereocenters. The zero-order chi connectivity index (χ0) is 10.9. The second-order valence-corrected chi connectivity index (χ2v) is 6.45. The number of nitrogens with zero attached hydrogens (tertiary/aromatic N) is 1. The van der Waals surface area contributed by atoms with Crippen molar-refractivity contribution in [1.29, 1.82) is 0 Å². The van der Waals surface area contributed by atoms with Crippen LogP contribution in [-0.4, -0.2) is 16.7 Å². The number of hydrogen-bond acceptors (Lipinski definition) is 2. The van der Waals surface area contributed by atoms with Gasteiger partial charge in [0.25, 0.3) is 0 Å². The van der Waals surface area contributed by atoms with E-state index < -0.39 is 27.1 Å². The molecule has 0 aliphatic rings. The highest BCUT2D eigenvalue weighted by atomic mass is 79.9. The molecule has 0 spiro atoms. The van der Waals surface area contributed by atoms with Crippen molar-refractivity contribution in [3.8, 4) is 0 Å². The summed E-state index contributed by atoms with van der Waals surface area (Å²) >= 11 is 2.93. The van der Waals surface area contributed by atoms with E-state index in [1.165, 1.54) is 12.5 Å². The SMILES string of the molecule is CS(C)(=O)=Nc1c(F)cc(Br)cc1F. The van der Waals surface area contributed by atoms with E-state index in [0.29, 0.717) is 0 Å². The van der Waals surface area contributed by atoms with Gasteiger partial charge in [-0.05, 0) is 12.1 Å². The van der Waals surface area contributed by atoms with Gasteiger partial charge < -0.3 is 0 Å². The molecule has 2 nitrogen and oxygen atoms in total. The number of rotatable bonds is 1. The number of benzene rings is 1. The molecule has 0 saturated heterocycles. The minimum absolute atomic E-state index is 0.283. The lowest BCUT2D eigenvalue weighted by Gasteiger charge is -2.01. The molecule has 0 bridgehead atoms. The molecule has 0 radical (unpaired) electrons. The van der Waals surface area contributed by atoms with Crippen LogP contribution in [0.15, 0.2) is 21.0 Å². The third-order valence-electron chi connectivity index (χ3n) is 1.29. The van der Waals surface area contributed by atoms with Crippen molar-refractivity contribution in [3.63, 3.8) is 0 Å². The van der Waals surface area contributed by atoms with Crippen LogP contribution in [0.3, 0.4) is 0 Å². The Bertz CT molecular complexity index is 449. The first-order valence-electron chi connectivity index (χ1n) is 3.61. The fourth-order valence-corrected chi connectivity index (χ4v) is 1.86. The molecule has 1 rings (SSSR count). The predicted octanol–water partition coefficient (Wildman–Crippen LogP) is 3.09. The molecule has 1 aromatic carbocycles. The van der Waals surface area contributed by atoms with Crippen LogP contribution in [0, 0.1) is 11.6 Å². The second kappa shape index (κ2) is 3.94. The summed E-state index contributed by atoms with van der Waals surface area (Å²) in [5.41, 5.74) is -0.483. The van der Waals surface area contributed by atoms with Crippen molar-refractivity contribution >= 4 is 31.3 Å². The molecule has 0 heterocycles. The van der Waals surface area contributed by atoms with Gasteiger partial charge in [0.1, 0.15) is 5.69 Å². The molecular weight excluding hydrogens is 276 g/mol. The topological polar surface area (TPSA) is 29.4 Å². The Morgan fingerprint density at radius 1 is 1.29 bits per heavy atom. The van der Waals surface area contributed by atoms with Crippen LogP contribution in [0.4, 0.5) is 14.5 Å². The highest BCUT2D eigenvalue weighted by Gasteiger charge is 2.10. The lowest BCUT2D eigenvalue weighted by molar-refractivity contribution is 0.586. The Morgan fingerprint density at radius 3 is 2.07 bits per heavy atom. The van der Waals surface area contributed by atoms with Crippen LogP contribution in [0.2, 0.25) is 0 Å². The molecule has 1 aromatic rings. The van der Waals surface area contributed by atoms with Gasteiger partial charge in [0.05, 0.1) is 0 Å². The Kier molecular flexibility index (Phi) is 3.26. The quantitative estimate of drug-likeness (QED) is 0.779. The van der Waals surface area contributed by atoms with E-state index in [0.717, 1.165) is 12.1 Å². The molecule has 0 N–H and O–H groups in total. The minimum Gasteiger partial charge on any atom is -0.250 e. The fraction of sp³-hybridized carbons (Fsp3) is 0.250. The molecule has 0 amide bonds. The van der Waals surface area contributed by atoms with Gasteiger partial charge in [0.15, 0.2) is 11.6 Å². The van der Waals surface area contributed by atoms with Gasteiger partial charge in [-0.25, -0.2) is 13.0 Å². The van der Waals surface area contributed by atoms with E-state index in [1.54, 1.807) is 0 Å². The first-order chi connectivity index (χ1) is 6.29. The highest BCUT2D eigenvalue weighted by molar-refractivity contribution is 9.10. The molecule has 78 valence electrons. The molecule has 6 heteroatoms. The number of hydrogen-bond donors (Lipinski definition) is 0. The summed E-state index contributed by atoms with van der Waals surface area (Å²) in [7, 11) is -2.56. The zero-order valence-electron chi connectivity index (χ0n) is 7.55. The third-order valence-corrected chi connectivity index (χ3v) is 2.37. The Hall–Kier alpha value is -0.490. The van der Waals surface area contributed by atoms with Crippen molar-refractivity contribution in [1.82, 2.24) is 0 Å². The minimum atomic E-state index is -2.56. The van der Waals surface area contributed by atoms with Crippen LogP contribution >= 0.6 is 15.9 Å². The van der Waals surface area contributed by atoms with E-state index in [9.17, 15) is 13.0 Å². The van der Waals surface area contributed by atoms with Gasteiger partial charge in [0.2, 0.25) is 0 Å². The second-order valence-electron chi connectivity index (χ2n) is 2.99. The summed E-state index contributed by atoms with van der Waals surface area (Å²) in [4.78, 5) is 0. The molecule has 0 atom stereocenters. The smallest absolute Gasteiger partial charge is 0.153 e.